The van der Waals surface area contributed by atoms with E-state index in [9.17, 15) is 18.4 Å². The number of nitrogens with one attached hydrogen (secondary N) is 2. The van der Waals surface area contributed by atoms with Crippen LogP contribution in [-0.2, 0) is 6.54 Å². The highest BCUT2D eigenvalue weighted by Gasteiger charge is 2.31. The van der Waals surface area contributed by atoms with E-state index in [-0.39, 0.29) is 23.4 Å². The highest BCUT2D eigenvalue weighted by atomic mass is 19.1. The van der Waals surface area contributed by atoms with Crippen LogP contribution in [0.5, 0.6) is 5.75 Å². The molecule has 1 fully saturated rings. The topological polar surface area (TPSA) is 96.0 Å². The molecule has 38 heavy (non-hydrogen) atoms. The van der Waals surface area contributed by atoms with Crippen LogP contribution in [0.2, 0.25) is 0 Å². The summed E-state index contributed by atoms with van der Waals surface area (Å²) < 4.78 is 36.2. The fourth-order valence-electron chi connectivity index (χ4n) is 5.71. The molecule has 8 nitrogen and oxygen atoms in total. The molecule has 2 aliphatic rings. The molecule has 3 aromatic carbocycles. The first kappa shape index (κ1) is 22.9. The first-order chi connectivity index (χ1) is 18.3. The van der Waals surface area contributed by atoms with E-state index in [4.69, 9.17) is 9.72 Å². The highest BCUT2D eigenvalue weighted by molar-refractivity contribution is 5.94. The maximum atomic E-state index is 14.0. The summed E-state index contributed by atoms with van der Waals surface area (Å²) >= 11 is 0. The monoisotopic (exact) mass is 515 g/mol. The molecular formula is C28H23F2N5O3. The van der Waals surface area contributed by atoms with Crippen molar-refractivity contribution in [3.05, 3.63) is 80.9 Å². The molecule has 2 aliphatic heterocycles. The van der Waals surface area contributed by atoms with Crippen LogP contribution >= 0.6 is 0 Å². The minimum atomic E-state index is -0.701. The second kappa shape index (κ2) is 8.35. The van der Waals surface area contributed by atoms with E-state index < -0.39 is 17.2 Å². The first-order valence-electron chi connectivity index (χ1n) is 12.5. The summed E-state index contributed by atoms with van der Waals surface area (Å²) in [4.78, 5) is 36.3. The van der Waals surface area contributed by atoms with Crippen molar-refractivity contribution in [1.82, 2.24) is 24.6 Å². The van der Waals surface area contributed by atoms with Crippen LogP contribution in [0.15, 0.2) is 58.1 Å². The molecule has 6 bridgehead atoms. The zero-order chi connectivity index (χ0) is 26.1. The van der Waals surface area contributed by atoms with Gasteiger partial charge in [0.25, 0.3) is 11.1 Å². The van der Waals surface area contributed by atoms with Crippen LogP contribution in [0.1, 0.15) is 13.3 Å². The van der Waals surface area contributed by atoms with E-state index in [1.165, 1.54) is 12.1 Å². The van der Waals surface area contributed by atoms with Gasteiger partial charge in [-0.2, -0.15) is 0 Å². The Kier molecular flexibility index (Phi) is 5.02. The van der Waals surface area contributed by atoms with Crippen molar-refractivity contribution in [2.24, 2.45) is 0 Å². The van der Waals surface area contributed by atoms with Crippen molar-refractivity contribution in [2.45, 2.75) is 32.0 Å². The number of para-hydroxylation sites is 1. The fraction of sp³-hybridized carbons (Fsp3) is 0.250. The first-order valence-corrected chi connectivity index (χ1v) is 12.5. The van der Waals surface area contributed by atoms with Gasteiger partial charge < -0.3 is 9.72 Å². The second-order valence-electron chi connectivity index (χ2n) is 10.1. The lowest BCUT2D eigenvalue weighted by Crippen LogP contribution is -2.33. The van der Waals surface area contributed by atoms with Gasteiger partial charge in [0.15, 0.2) is 0 Å². The number of halogens is 2. The molecule has 7 rings (SSSR count). The zero-order valence-corrected chi connectivity index (χ0v) is 20.4. The van der Waals surface area contributed by atoms with Gasteiger partial charge in [-0.15, -0.1) is 0 Å². The van der Waals surface area contributed by atoms with Gasteiger partial charge in [-0.25, -0.2) is 13.8 Å². The van der Waals surface area contributed by atoms with E-state index in [0.29, 0.717) is 64.0 Å². The van der Waals surface area contributed by atoms with E-state index in [2.05, 4.69) is 21.9 Å². The molecule has 0 aliphatic carbocycles. The Labute approximate surface area is 214 Å². The SMILES string of the molecule is C[C@@H]1C[C@H]2CN1CCn1[nH]c3c(cccc3c1=O)-c1nc3c(cc(-c4cc(F)cc(F)c4)cc3[nH]c1=O)O2. The third-order valence-corrected chi connectivity index (χ3v) is 7.57. The third kappa shape index (κ3) is 3.63. The minimum absolute atomic E-state index is 0.143. The number of aromatic amines is 2. The molecule has 5 aromatic rings. The van der Waals surface area contributed by atoms with Gasteiger partial charge >= 0.3 is 0 Å². The normalized spacial score (nSPS) is 20.8. The molecule has 3 atom stereocenters. The van der Waals surface area contributed by atoms with Crippen molar-refractivity contribution >= 4 is 21.9 Å². The predicted molar refractivity (Wildman–Crippen MR) is 139 cm³/mol. The quantitative estimate of drug-likeness (QED) is 0.352. The largest absolute Gasteiger partial charge is 0.487 e. The molecule has 0 saturated carbocycles. The molecule has 0 spiro atoms. The second-order valence-corrected chi connectivity index (χ2v) is 10.1. The summed E-state index contributed by atoms with van der Waals surface area (Å²) in [6, 6.07) is 12.1. The van der Waals surface area contributed by atoms with Gasteiger partial charge in [0, 0.05) is 37.2 Å². The summed E-state index contributed by atoms with van der Waals surface area (Å²) in [7, 11) is 0. The molecule has 1 saturated heterocycles. The lowest BCUT2D eigenvalue weighted by atomic mass is 10.0. The van der Waals surface area contributed by atoms with Crippen LogP contribution in [-0.4, -0.2) is 49.9 Å². The predicted octanol–water partition coefficient (Wildman–Crippen LogP) is 4.03. The molecule has 192 valence electrons. The number of ether oxygens (including phenoxy) is 1. The average molecular weight is 516 g/mol. The standard InChI is InChI=1S/C28H23F2N5O3/c1-14-7-19-13-34(14)5-6-35-28(37)21-4-2-3-20(24(21)33-35)25-27(36)31-22-10-16(11-23(38-19)26(22)32-25)15-8-17(29)12-18(30)9-15/h2-4,8-12,14,19,33H,5-7,13H2,1H3,(H,31,36)/t14-,19+/m1/s1. The molecule has 2 aromatic heterocycles. The number of H-pyrrole nitrogens is 2. The molecule has 0 radical (unpaired) electrons. The van der Waals surface area contributed by atoms with Crippen molar-refractivity contribution in [1.29, 1.82) is 0 Å². The molecule has 2 N–H and O–H groups in total. The summed E-state index contributed by atoms with van der Waals surface area (Å²) in [6.07, 6.45) is 0.576. The molecule has 4 heterocycles. The molecular weight excluding hydrogens is 492 g/mol. The average Bonchev–Trinajstić information content (AvgIpc) is 3.39. The summed E-state index contributed by atoms with van der Waals surface area (Å²) in [5.74, 6) is -0.990. The Balaban J connectivity index is 1.51. The van der Waals surface area contributed by atoms with Crippen LogP contribution in [0, 0.1) is 11.6 Å². The molecule has 10 heteroatoms. The minimum Gasteiger partial charge on any atom is -0.487 e. The van der Waals surface area contributed by atoms with Crippen LogP contribution in [0.4, 0.5) is 8.78 Å². The van der Waals surface area contributed by atoms with E-state index >= 15 is 0 Å². The van der Waals surface area contributed by atoms with Crippen LogP contribution < -0.4 is 15.9 Å². The van der Waals surface area contributed by atoms with E-state index in [1.54, 1.807) is 35.0 Å². The Bertz CT molecular complexity index is 1850. The van der Waals surface area contributed by atoms with Gasteiger partial charge in [0.1, 0.15) is 34.7 Å². The maximum absolute atomic E-state index is 14.0. The number of benzene rings is 3. The number of nitrogens with zero attached hydrogens (tertiary/aromatic N) is 3. The van der Waals surface area contributed by atoms with Gasteiger partial charge in [0.05, 0.1) is 23.0 Å². The van der Waals surface area contributed by atoms with Gasteiger partial charge in [-0.1, -0.05) is 12.1 Å². The van der Waals surface area contributed by atoms with Crippen molar-refractivity contribution in [3.63, 3.8) is 0 Å². The van der Waals surface area contributed by atoms with Gasteiger partial charge in [0.2, 0.25) is 0 Å². The number of rotatable bonds is 1. The van der Waals surface area contributed by atoms with Crippen molar-refractivity contribution < 1.29 is 13.5 Å². The Hall–Kier alpha value is -4.31. The molecule has 1 unspecified atom stereocenters. The fourth-order valence-corrected chi connectivity index (χ4v) is 5.71. The number of hydrogen-bond acceptors (Lipinski definition) is 5. The zero-order valence-electron chi connectivity index (χ0n) is 20.4. The number of aromatic nitrogens is 4. The molecule has 0 amide bonds. The van der Waals surface area contributed by atoms with E-state index in [1.807, 2.05) is 0 Å². The van der Waals surface area contributed by atoms with Gasteiger partial charge in [-0.3, -0.25) is 24.3 Å². The van der Waals surface area contributed by atoms with Crippen LogP contribution in [0.3, 0.4) is 0 Å². The lowest BCUT2D eigenvalue weighted by molar-refractivity contribution is 0.195. The van der Waals surface area contributed by atoms with Crippen LogP contribution in [0.25, 0.3) is 44.3 Å². The van der Waals surface area contributed by atoms with Gasteiger partial charge in [-0.05, 0) is 48.4 Å². The smallest absolute Gasteiger partial charge is 0.275 e. The van der Waals surface area contributed by atoms with Crippen molar-refractivity contribution in [3.8, 4) is 28.1 Å². The summed E-state index contributed by atoms with van der Waals surface area (Å²) in [5.41, 5.74) is 2.17. The van der Waals surface area contributed by atoms with Crippen molar-refractivity contribution in [2.75, 3.05) is 13.1 Å². The van der Waals surface area contributed by atoms with E-state index in [0.717, 1.165) is 12.5 Å². The maximum Gasteiger partial charge on any atom is 0.275 e. The number of hydrogen-bond donors (Lipinski definition) is 2. The summed E-state index contributed by atoms with van der Waals surface area (Å²) in [6.45, 7) is 3.85. The number of fused-ring (bicyclic) bond motifs is 5. The Morgan fingerprint density at radius 2 is 1.82 bits per heavy atom. The Morgan fingerprint density at radius 3 is 2.63 bits per heavy atom. The highest BCUT2D eigenvalue weighted by Crippen LogP contribution is 2.35. The third-order valence-electron chi connectivity index (χ3n) is 7.57. The Morgan fingerprint density at radius 1 is 1.03 bits per heavy atom. The summed E-state index contributed by atoms with van der Waals surface area (Å²) in [5, 5.41) is 3.67. The lowest BCUT2D eigenvalue weighted by Gasteiger charge is -2.21.